The van der Waals surface area contributed by atoms with Crippen molar-refractivity contribution in [3.8, 4) is 10.6 Å². The summed E-state index contributed by atoms with van der Waals surface area (Å²) in [5.41, 5.74) is 2.89. The summed E-state index contributed by atoms with van der Waals surface area (Å²) in [5, 5.41) is 8.28. The van der Waals surface area contributed by atoms with Gasteiger partial charge >= 0.3 is 6.03 Å². The van der Waals surface area contributed by atoms with Crippen molar-refractivity contribution in [1.29, 1.82) is 0 Å². The second-order valence-electron chi connectivity index (χ2n) is 6.98. The average molecular weight is 424 g/mol. The van der Waals surface area contributed by atoms with E-state index in [9.17, 15) is 14.4 Å². The quantitative estimate of drug-likeness (QED) is 0.568. The minimum absolute atomic E-state index is 0.0405. The molecule has 154 valence electrons. The van der Waals surface area contributed by atoms with E-state index in [2.05, 4.69) is 15.6 Å². The lowest BCUT2D eigenvalue weighted by Crippen LogP contribution is -2.36. The van der Waals surface area contributed by atoms with Gasteiger partial charge in [0.1, 0.15) is 16.8 Å². The molecule has 0 aliphatic carbocycles. The molecule has 1 aliphatic heterocycles. The first-order valence-electron chi connectivity index (χ1n) is 9.42. The number of nitrogens with one attached hydrogen (secondary N) is 2. The predicted octanol–water partition coefficient (Wildman–Crippen LogP) is 2.84. The molecule has 1 saturated heterocycles. The first kappa shape index (κ1) is 19.8. The topological polar surface area (TPSA) is 105 Å². The van der Waals surface area contributed by atoms with Crippen LogP contribution in [-0.4, -0.2) is 33.8 Å². The summed E-state index contributed by atoms with van der Waals surface area (Å²) >= 11 is 1.57. The fourth-order valence-electron chi connectivity index (χ4n) is 3.18. The molecule has 30 heavy (non-hydrogen) atoms. The van der Waals surface area contributed by atoms with E-state index in [1.165, 1.54) is 6.26 Å². The summed E-state index contributed by atoms with van der Waals surface area (Å²) in [6.45, 7) is 2.31. The van der Waals surface area contributed by atoms with Crippen LogP contribution in [0.1, 0.15) is 23.4 Å². The molecule has 1 aliphatic rings. The van der Waals surface area contributed by atoms with Crippen LogP contribution < -0.4 is 10.6 Å². The summed E-state index contributed by atoms with van der Waals surface area (Å²) in [4.78, 5) is 42.4. The van der Waals surface area contributed by atoms with Crippen molar-refractivity contribution in [3.05, 3.63) is 65.1 Å². The van der Waals surface area contributed by atoms with Crippen LogP contribution in [0.4, 0.5) is 4.79 Å². The fraction of sp³-hybridized carbons (Fsp3) is 0.238. The molecule has 4 amide bonds. The highest BCUT2D eigenvalue weighted by atomic mass is 32.1. The first-order valence-corrected chi connectivity index (χ1v) is 10.3. The van der Waals surface area contributed by atoms with Crippen LogP contribution in [0, 0.1) is 6.92 Å². The second-order valence-corrected chi connectivity index (χ2v) is 7.84. The van der Waals surface area contributed by atoms with E-state index in [0.717, 1.165) is 26.7 Å². The SMILES string of the molecule is Cc1csc(-c2cccc(CNC(=O)C[C@H]3NC(=O)N(Cc4ccco4)C3=O)c2)n1. The van der Waals surface area contributed by atoms with Crippen LogP contribution in [-0.2, 0) is 22.7 Å². The summed E-state index contributed by atoms with van der Waals surface area (Å²) < 4.78 is 5.18. The molecule has 0 radical (unpaired) electrons. The molecule has 0 spiro atoms. The van der Waals surface area contributed by atoms with Crippen LogP contribution in [0.2, 0.25) is 0 Å². The van der Waals surface area contributed by atoms with E-state index in [4.69, 9.17) is 4.42 Å². The van der Waals surface area contributed by atoms with Crippen LogP contribution in [0.25, 0.3) is 10.6 Å². The number of amides is 4. The number of benzene rings is 1. The monoisotopic (exact) mass is 424 g/mol. The third-order valence-electron chi connectivity index (χ3n) is 4.67. The Kier molecular flexibility index (Phi) is 5.62. The number of furan rings is 1. The molecule has 0 bridgehead atoms. The average Bonchev–Trinajstić information content (AvgIpc) is 3.46. The largest absolute Gasteiger partial charge is 0.467 e. The summed E-state index contributed by atoms with van der Waals surface area (Å²) in [7, 11) is 0. The van der Waals surface area contributed by atoms with Crippen LogP contribution in [0.3, 0.4) is 0 Å². The Morgan fingerprint density at radius 1 is 1.30 bits per heavy atom. The Hall–Kier alpha value is -3.46. The number of hydrogen-bond donors (Lipinski definition) is 2. The lowest BCUT2D eigenvalue weighted by molar-refractivity contribution is -0.131. The maximum Gasteiger partial charge on any atom is 0.325 e. The molecule has 0 unspecified atom stereocenters. The number of thiazole rings is 1. The Bertz CT molecular complexity index is 1080. The fourth-order valence-corrected chi connectivity index (χ4v) is 3.98. The van der Waals surface area contributed by atoms with Gasteiger partial charge < -0.3 is 15.1 Å². The second kappa shape index (κ2) is 8.50. The van der Waals surface area contributed by atoms with Gasteiger partial charge in [0, 0.05) is 23.2 Å². The zero-order valence-corrected chi connectivity index (χ0v) is 17.1. The van der Waals surface area contributed by atoms with E-state index < -0.39 is 18.0 Å². The van der Waals surface area contributed by atoms with E-state index in [0.29, 0.717) is 12.3 Å². The van der Waals surface area contributed by atoms with Crippen LogP contribution in [0.15, 0.2) is 52.5 Å². The molecule has 2 N–H and O–H groups in total. The van der Waals surface area contributed by atoms with Gasteiger partial charge in [-0.15, -0.1) is 11.3 Å². The lowest BCUT2D eigenvalue weighted by Gasteiger charge is -2.11. The molecule has 1 aromatic carbocycles. The van der Waals surface area contributed by atoms with Gasteiger partial charge in [0.15, 0.2) is 0 Å². The number of carbonyl (C=O) groups excluding carboxylic acids is 3. The Labute approximate surface area is 176 Å². The van der Waals surface area contributed by atoms with Crippen molar-refractivity contribution in [3.63, 3.8) is 0 Å². The molecule has 1 atom stereocenters. The zero-order valence-electron chi connectivity index (χ0n) is 16.3. The maximum absolute atomic E-state index is 12.5. The molecule has 9 heteroatoms. The highest BCUT2D eigenvalue weighted by molar-refractivity contribution is 7.13. The minimum atomic E-state index is -0.878. The Morgan fingerprint density at radius 2 is 2.17 bits per heavy atom. The predicted molar refractivity (Wildman–Crippen MR) is 110 cm³/mol. The van der Waals surface area contributed by atoms with Gasteiger partial charge in [-0.25, -0.2) is 9.78 Å². The van der Waals surface area contributed by atoms with Crippen molar-refractivity contribution in [2.75, 3.05) is 0 Å². The highest BCUT2D eigenvalue weighted by Crippen LogP contribution is 2.24. The van der Waals surface area contributed by atoms with Gasteiger partial charge in [-0.1, -0.05) is 18.2 Å². The van der Waals surface area contributed by atoms with Gasteiger partial charge in [-0.3, -0.25) is 14.5 Å². The number of aromatic nitrogens is 1. The lowest BCUT2D eigenvalue weighted by atomic mass is 10.1. The smallest absolute Gasteiger partial charge is 0.325 e. The summed E-state index contributed by atoms with van der Waals surface area (Å²) in [6.07, 6.45) is 1.36. The van der Waals surface area contributed by atoms with Gasteiger partial charge in [0.25, 0.3) is 5.91 Å². The number of imide groups is 1. The van der Waals surface area contributed by atoms with E-state index >= 15 is 0 Å². The summed E-state index contributed by atoms with van der Waals surface area (Å²) in [6, 6.07) is 9.75. The van der Waals surface area contributed by atoms with Crippen molar-refractivity contribution in [1.82, 2.24) is 20.5 Å². The molecule has 2 aromatic heterocycles. The normalized spacial score (nSPS) is 16.0. The molecule has 0 saturated carbocycles. The third-order valence-corrected chi connectivity index (χ3v) is 5.68. The molecular weight excluding hydrogens is 404 g/mol. The van der Waals surface area contributed by atoms with Crippen molar-refractivity contribution >= 4 is 29.2 Å². The first-order chi connectivity index (χ1) is 14.5. The third kappa shape index (κ3) is 4.41. The number of nitrogens with zero attached hydrogens (tertiary/aromatic N) is 2. The molecule has 4 rings (SSSR count). The Morgan fingerprint density at radius 3 is 2.90 bits per heavy atom. The Balaban J connectivity index is 1.32. The molecule has 8 nitrogen and oxygen atoms in total. The van der Waals surface area contributed by atoms with Crippen molar-refractivity contribution < 1.29 is 18.8 Å². The zero-order chi connectivity index (χ0) is 21.1. The van der Waals surface area contributed by atoms with Gasteiger partial charge in [0.05, 0.1) is 19.2 Å². The number of urea groups is 1. The highest BCUT2D eigenvalue weighted by Gasteiger charge is 2.39. The van der Waals surface area contributed by atoms with Crippen LogP contribution >= 0.6 is 11.3 Å². The minimum Gasteiger partial charge on any atom is -0.467 e. The van der Waals surface area contributed by atoms with Crippen molar-refractivity contribution in [2.45, 2.75) is 32.5 Å². The van der Waals surface area contributed by atoms with Crippen LogP contribution in [0.5, 0.6) is 0 Å². The molecule has 1 fully saturated rings. The number of hydrogen-bond acceptors (Lipinski definition) is 6. The van der Waals surface area contributed by atoms with E-state index in [1.54, 1.807) is 23.5 Å². The summed E-state index contributed by atoms with van der Waals surface area (Å²) in [5.74, 6) is -0.254. The maximum atomic E-state index is 12.5. The number of rotatable bonds is 7. The standard InChI is InChI=1S/C21H20N4O4S/c1-13-12-30-19(23-13)15-5-2-4-14(8-15)10-22-18(26)9-17-20(27)25(21(28)24-17)11-16-6-3-7-29-16/h2-8,12,17H,9-11H2,1H3,(H,22,26)(H,24,28)/t17-/m1/s1. The number of aryl methyl sites for hydroxylation is 1. The van der Waals surface area contributed by atoms with E-state index in [-0.39, 0.29) is 18.9 Å². The van der Waals surface area contributed by atoms with E-state index in [1.807, 2.05) is 36.6 Å². The van der Waals surface area contributed by atoms with Gasteiger partial charge in [0.2, 0.25) is 5.91 Å². The van der Waals surface area contributed by atoms with Crippen molar-refractivity contribution in [2.24, 2.45) is 0 Å². The number of carbonyl (C=O) groups is 3. The van der Waals surface area contributed by atoms with Gasteiger partial charge in [-0.05, 0) is 30.7 Å². The molecule has 3 heterocycles. The van der Waals surface area contributed by atoms with Gasteiger partial charge in [-0.2, -0.15) is 0 Å². The molecule has 3 aromatic rings. The molecular formula is C21H20N4O4S.